The number of carbonyl (C=O) groups excluding carboxylic acids is 1. The van der Waals surface area contributed by atoms with Gasteiger partial charge in [0, 0.05) is 12.0 Å². The number of rotatable bonds is 3. The Morgan fingerprint density at radius 3 is 3.00 bits per heavy atom. The molecule has 1 amide bonds. The van der Waals surface area contributed by atoms with Gasteiger partial charge >= 0.3 is 0 Å². The Morgan fingerprint density at radius 2 is 2.50 bits per heavy atom. The van der Waals surface area contributed by atoms with E-state index in [1.54, 1.807) is 12.2 Å². The Kier molecular flexibility index (Phi) is 3.31. The third-order valence-corrected chi connectivity index (χ3v) is 2.46. The van der Waals surface area contributed by atoms with Crippen LogP contribution in [0.15, 0.2) is 17.5 Å². The molecule has 64 valence electrons. The first-order valence-corrected chi connectivity index (χ1v) is 4.64. The lowest BCUT2D eigenvalue weighted by atomic mass is 10.3. The molecule has 1 aromatic heterocycles. The van der Waals surface area contributed by atoms with E-state index < -0.39 is 0 Å². The van der Waals surface area contributed by atoms with Crippen LogP contribution in [0.2, 0.25) is 4.34 Å². The fraction of sp³-hybridized carbons (Fsp3) is 0.125. The molecule has 0 atom stereocenters. The highest BCUT2D eigenvalue weighted by molar-refractivity contribution is 7.14. The quantitative estimate of drug-likeness (QED) is 0.801. The van der Waals surface area contributed by atoms with Crippen LogP contribution >= 0.6 is 22.9 Å². The lowest BCUT2D eigenvalue weighted by Crippen LogP contribution is -2.07. The molecule has 0 spiro atoms. The Hall–Kier alpha value is -0.800. The van der Waals surface area contributed by atoms with Gasteiger partial charge in [-0.05, 0) is 11.4 Å². The zero-order chi connectivity index (χ0) is 8.97. The van der Waals surface area contributed by atoms with Crippen LogP contribution in [0.1, 0.15) is 12.0 Å². The standard InChI is InChI=1S/C8H8ClNOS/c9-8-6(4-5-12-8)2-1-3-7(10)11/h1-2,4-5H,3H2,(H2,10,11). The van der Waals surface area contributed by atoms with Crippen molar-refractivity contribution in [2.45, 2.75) is 6.42 Å². The van der Waals surface area contributed by atoms with Crippen molar-refractivity contribution in [1.82, 2.24) is 0 Å². The van der Waals surface area contributed by atoms with E-state index in [-0.39, 0.29) is 12.3 Å². The van der Waals surface area contributed by atoms with Gasteiger partial charge in [-0.3, -0.25) is 4.79 Å². The van der Waals surface area contributed by atoms with Crippen molar-refractivity contribution in [3.8, 4) is 0 Å². The van der Waals surface area contributed by atoms with E-state index in [1.807, 2.05) is 11.4 Å². The van der Waals surface area contributed by atoms with E-state index >= 15 is 0 Å². The van der Waals surface area contributed by atoms with Gasteiger partial charge in [0.25, 0.3) is 0 Å². The van der Waals surface area contributed by atoms with Crippen LogP contribution in [0.3, 0.4) is 0 Å². The molecular weight excluding hydrogens is 194 g/mol. The maximum absolute atomic E-state index is 10.4. The molecule has 2 N–H and O–H groups in total. The summed E-state index contributed by atoms with van der Waals surface area (Å²) in [4.78, 5) is 10.4. The zero-order valence-corrected chi connectivity index (χ0v) is 7.86. The number of hydrogen-bond acceptors (Lipinski definition) is 2. The van der Waals surface area contributed by atoms with Gasteiger partial charge in [-0.1, -0.05) is 23.8 Å². The number of amides is 1. The largest absolute Gasteiger partial charge is 0.369 e. The molecule has 1 heterocycles. The molecule has 1 aromatic rings. The monoisotopic (exact) mass is 201 g/mol. The molecule has 0 saturated heterocycles. The Balaban J connectivity index is 2.57. The predicted octanol–water partition coefficient (Wildman–Crippen LogP) is 2.29. The van der Waals surface area contributed by atoms with Gasteiger partial charge in [0.05, 0.1) is 0 Å². The average Bonchev–Trinajstić information content (AvgIpc) is 2.36. The van der Waals surface area contributed by atoms with Crippen LogP contribution in [0.5, 0.6) is 0 Å². The zero-order valence-electron chi connectivity index (χ0n) is 6.29. The normalized spacial score (nSPS) is 10.8. The van der Waals surface area contributed by atoms with Gasteiger partial charge in [0.15, 0.2) is 0 Å². The predicted molar refractivity (Wildman–Crippen MR) is 52.2 cm³/mol. The second-order valence-electron chi connectivity index (χ2n) is 2.22. The molecule has 12 heavy (non-hydrogen) atoms. The molecule has 0 saturated carbocycles. The SMILES string of the molecule is NC(=O)CC=Cc1ccsc1Cl. The highest BCUT2D eigenvalue weighted by Gasteiger charge is 1.95. The molecule has 0 bridgehead atoms. The molecule has 0 aliphatic heterocycles. The molecule has 4 heteroatoms. The van der Waals surface area contributed by atoms with Crippen LogP contribution in [0, 0.1) is 0 Å². The number of nitrogens with two attached hydrogens (primary N) is 1. The van der Waals surface area contributed by atoms with Crippen molar-refractivity contribution in [2.24, 2.45) is 5.73 Å². The van der Waals surface area contributed by atoms with Crippen LogP contribution in [-0.4, -0.2) is 5.91 Å². The second-order valence-corrected chi connectivity index (χ2v) is 3.74. The third-order valence-electron chi connectivity index (χ3n) is 1.26. The Labute approximate surface area is 79.6 Å². The van der Waals surface area contributed by atoms with Crippen molar-refractivity contribution in [3.05, 3.63) is 27.4 Å². The van der Waals surface area contributed by atoms with Crippen molar-refractivity contribution < 1.29 is 4.79 Å². The number of hydrogen-bond donors (Lipinski definition) is 1. The average molecular weight is 202 g/mol. The van der Waals surface area contributed by atoms with E-state index in [0.717, 1.165) is 9.90 Å². The maximum Gasteiger partial charge on any atom is 0.221 e. The first-order chi connectivity index (χ1) is 5.70. The minimum absolute atomic E-state index is 0.256. The summed E-state index contributed by atoms with van der Waals surface area (Å²) in [7, 11) is 0. The van der Waals surface area contributed by atoms with E-state index in [2.05, 4.69) is 0 Å². The molecule has 0 unspecified atom stereocenters. The van der Waals surface area contributed by atoms with Gasteiger partial charge in [-0.2, -0.15) is 0 Å². The topological polar surface area (TPSA) is 43.1 Å². The third kappa shape index (κ3) is 2.68. The fourth-order valence-electron chi connectivity index (χ4n) is 0.724. The van der Waals surface area contributed by atoms with Gasteiger partial charge < -0.3 is 5.73 Å². The highest BCUT2D eigenvalue weighted by Crippen LogP contribution is 2.23. The van der Waals surface area contributed by atoms with Crippen molar-refractivity contribution in [2.75, 3.05) is 0 Å². The van der Waals surface area contributed by atoms with Gasteiger partial charge in [-0.15, -0.1) is 11.3 Å². The minimum Gasteiger partial charge on any atom is -0.369 e. The van der Waals surface area contributed by atoms with Crippen LogP contribution in [-0.2, 0) is 4.79 Å². The molecule has 2 nitrogen and oxygen atoms in total. The molecule has 1 rings (SSSR count). The summed E-state index contributed by atoms with van der Waals surface area (Å²) in [5, 5.41) is 1.90. The lowest BCUT2D eigenvalue weighted by Gasteiger charge is -1.86. The van der Waals surface area contributed by atoms with Crippen molar-refractivity contribution in [3.63, 3.8) is 0 Å². The van der Waals surface area contributed by atoms with E-state index in [0.29, 0.717) is 0 Å². The summed E-state index contributed by atoms with van der Waals surface area (Å²) in [6.07, 6.45) is 3.76. The number of primary amides is 1. The molecule has 0 aliphatic rings. The first-order valence-electron chi connectivity index (χ1n) is 3.38. The van der Waals surface area contributed by atoms with Crippen LogP contribution in [0.4, 0.5) is 0 Å². The number of carbonyl (C=O) groups is 1. The number of thiophene rings is 1. The summed E-state index contributed by atoms with van der Waals surface area (Å²) >= 11 is 7.27. The fourth-order valence-corrected chi connectivity index (χ4v) is 1.61. The summed E-state index contributed by atoms with van der Waals surface area (Å²) in [6.45, 7) is 0. The minimum atomic E-state index is -0.336. The number of halogens is 1. The summed E-state index contributed by atoms with van der Waals surface area (Å²) in [6, 6.07) is 1.89. The molecule has 0 radical (unpaired) electrons. The first kappa shape index (κ1) is 9.29. The summed E-state index contributed by atoms with van der Waals surface area (Å²) in [5.74, 6) is -0.336. The van der Waals surface area contributed by atoms with Crippen LogP contribution in [0.25, 0.3) is 6.08 Å². The Bertz CT molecular complexity index is 306. The van der Waals surface area contributed by atoms with E-state index in [9.17, 15) is 4.79 Å². The van der Waals surface area contributed by atoms with Crippen molar-refractivity contribution in [1.29, 1.82) is 0 Å². The van der Waals surface area contributed by atoms with Gasteiger partial charge in [0.2, 0.25) is 5.91 Å². The lowest BCUT2D eigenvalue weighted by molar-refractivity contribution is -0.117. The van der Waals surface area contributed by atoms with Gasteiger partial charge in [0.1, 0.15) is 4.34 Å². The molecular formula is C8H8ClNOS. The summed E-state index contributed by atoms with van der Waals surface area (Å²) in [5.41, 5.74) is 5.88. The Morgan fingerprint density at radius 1 is 1.75 bits per heavy atom. The van der Waals surface area contributed by atoms with Crippen molar-refractivity contribution >= 4 is 34.9 Å². The van der Waals surface area contributed by atoms with Gasteiger partial charge in [-0.25, -0.2) is 0 Å². The molecule has 0 aromatic carbocycles. The second kappa shape index (κ2) is 4.28. The smallest absolute Gasteiger partial charge is 0.221 e. The van der Waals surface area contributed by atoms with E-state index in [1.165, 1.54) is 11.3 Å². The summed E-state index contributed by atoms with van der Waals surface area (Å²) < 4.78 is 0.732. The highest BCUT2D eigenvalue weighted by atomic mass is 35.5. The molecule has 0 aliphatic carbocycles. The molecule has 0 fully saturated rings. The van der Waals surface area contributed by atoms with Crippen LogP contribution < -0.4 is 5.73 Å². The van der Waals surface area contributed by atoms with E-state index in [4.69, 9.17) is 17.3 Å². The maximum atomic E-state index is 10.4.